The Morgan fingerprint density at radius 3 is 2.93 bits per heavy atom. The molecule has 3 rings (SSSR count). The average Bonchev–Trinajstić information content (AvgIpc) is 2.84. The number of pyridine rings is 1. The summed E-state index contributed by atoms with van der Waals surface area (Å²) in [5, 5.41) is 0. The lowest BCUT2D eigenvalue weighted by molar-refractivity contribution is 0.639. The van der Waals surface area contributed by atoms with E-state index in [2.05, 4.69) is 14.5 Å². The smallest absolute Gasteiger partial charge is 0.129 e. The van der Waals surface area contributed by atoms with Gasteiger partial charge in [-0.1, -0.05) is 0 Å². The van der Waals surface area contributed by atoms with Crippen molar-refractivity contribution in [3.05, 3.63) is 24.3 Å². The van der Waals surface area contributed by atoms with E-state index in [1.54, 1.807) is 6.20 Å². The molecule has 0 amide bonds. The third-order valence-corrected chi connectivity index (χ3v) is 2.92. The highest BCUT2D eigenvalue weighted by Crippen LogP contribution is 2.42. The highest BCUT2D eigenvalue weighted by atomic mass is 15.1. The fourth-order valence-corrected chi connectivity index (χ4v) is 1.84. The molecule has 0 aliphatic heterocycles. The zero-order chi connectivity index (χ0) is 9.76. The molecule has 0 aromatic carbocycles. The first-order valence-corrected chi connectivity index (χ1v) is 4.76. The number of fused-ring (bicyclic) bond motifs is 1. The van der Waals surface area contributed by atoms with Gasteiger partial charge >= 0.3 is 0 Å². The van der Waals surface area contributed by atoms with Gasteiger partial charge in [0.05, 0.1) is 22.8 Å². The summed E-state index contributed by atoms with van der Waals surface area (Å²) in [7, 11) is 2.00. The molecule has 2 aromatic heterocycles. The molecule has 1 fully saturated rings. The number of hydrogen-bond acceptors (Lipinski definition) is 3. The van der Waals surface area contributed by atoms with Gasteiger partial charge in [-0.2, -0.15) is 0 Å². The molecule has 2 N–H and O–H groups in total. The van der Waals surface area contributed by atoms with Gasteiger partial charge in [0.1, 0.15) is 5.82 Å². The molecule has 0 atom stereocenters. The number of nitrogens with two attached hydrogens (primary N) is 1. The predicted molar refractivity (Wildman–Crippen MR) is 53.6 cm³/mol. The van der Waals surface area contributed by atoms with E-state index in [1.807, 2.05) is 19.3 Å². The topological polar surface area (TPSA) is 56.7 Å². The van der Waals surface area contributed by atoms with Crippen LogP contribution >= 0.6 is 0 Å². The van der Waals surface area contributed by atoms with Crippen molar-refractivity contribution in [3.8, 4) is 0 Å². The van der Waals surface area contributed by atoms with Gasteiger partial charge in [0.25, 0.3) is 0 Å². The van der Waals surface area contributed by atoms with E-state index in [1.165, 1.54) is 0 Å². The van der Waals surface area contributed by atoms with Crippen molar-refractivity contribution < 1.29 is 0 Å². The highest BCUT2D eigenvalue weighted by molar-refractivity contribution is 5.74. The SMILES string of the molecule is Cn1c(C2(N)CC2)nc2ccncc21. The molecule has 1 saturated carbocycles. The number of hydrogen-bond donors (Lipinski definition) is 1. The summed E-state index contributed by atoms with van der Waals surface area (Å²) in [6.07, 6.45) is 5.67. The Morgan fingerprint density at radius 2 is 2.29 bits per heavy atom. The summed E-state index contributed by atoms with van der Waals surface area (Å²) >= 11 is 0. The molecule has 4 heteroatoms. The fourth-order valence-electron chi connectivity index (χ4n) is 1.84. The van der Waals surface area contributed by atoms with Crippen LogP contribution in [-0.4, -0.2) is 14.5 Å². The lowest BCUT2D eigenvalue weighted by Gasteiger charge is -2.07. The van der Waals surface area contributed by atoms with Crippen molar-refractivity contribution in [3.63, 3.8) is 0 Å². The molecule has 1 aliphatic rings. The molecule has 2 aromatic rings. The number of nitrogens with zero attached hydrogens (tertiary/aromatic N) is 3. The summed E-state index contributed by atoms with van der Waals surface area (Å²) < 4.78 is 2.05. The van der Waals surface area contributed by atoms with Crippen molar-refractivity contribution >= 4 is 11.0 Å². The van der Waals surface area contributed by atoms with Gasteiger partial charge in [0.15, 0.2) is 0 Å². The largest absolute Gasteiger partial charge is 0.328 e. The first-order chi connectivity index (χ1) is 6.71. The zero-order valence-electron chi connectivity index (χ0n) is 8.07. The molecule has 72 valence electrons. The molecular formula is C10H12N4. The summed E-state index contributed by atoms with van der Waals surface area (Å²) in [6.45, 7) is 0. The first-order valence-electron chi connectivity index (χ1n) is 4.76. The second-order valence-electron chi connectivity index (χ2n) is 4.01. The van der Waals surface area contributed by atoms with E-state index in [0.717, 1.165) is 29.7 Å². The maximum Gasteiger partial charge on any atom is 0.129 e. The second kappa shape index (κ2) is 2.33. The number of rotatable bonds is 1. The highest BCUT2D eigenvalue weighted by Gasteiger charge is 2.44. The van der Waals surface area contributed by atoms with Gasteiger partial charge in [0.2, 0.25) is 0 Å². The van der Waals surface area contributed by atoms with E-state index >= 15 is 0 Å². The normalized spacial score (nSPS) is 18.7. The monoisotopic (exact) mass is 188 g/mol. The minimum Gasteiger partial charge on any atom is -0.328 e. The molecular weight excluding hydrogens is 176 g/mol. The quantitative estimate of drug-likeness (QED) is 0.723. The van der Waals surface area contributed by atoms with E-state index < -0.39 is 0 Å². The van der Waals surface area contributed by atoms with Crippen LogP contribution in [0.3, 0.4) is 0 Å². The second-order valence-corrected chi connectivity index (χ2v) is 4.01. The van der Waals surface area contributed by atoms with Crippen LogP contribution in [0.25, 0.3) is 11.0 Å². The maximum atomic E-state index is 6.13. The van der Waals surface area contributed by atoms with Crippen LogP contribution in [0.5, 0.6) is 0 Å². The van der Waals surface area contributed by atoms with Crippen molar-refractivity contribution in [2.75, 3.05) is 0 Å². The van der Waals surface area contributed by atoms with Gasteiger partial charge < -0.3 is 10.3 Å². The van der Waals surface area contributed by atoms with Crippen LogP contribution in [0.15, 0.2) is 18.5 Å². The molecule has 2 heterocycles. The standard InChI is InChI=1S/C10H12N4/c1-14-8-6-12-5-2-7(8)13-9(14)10(11)3-4-10/h2,5-6H,3-4,11H2,1H3. The Balaban J connectivity index is 2.31. The third kappa shape index (κ3) is 0.915. The maximum absolute atomic E-state index is 6.13. The molecule has 0 radical (unpaired) electrons. The van der Waals surface area contributed by atoms with Crippen LogP contribution in [0.1, 0.15) is 18.7 Å². The number of imidazole rings is 1. The van der Waals surface area contributed by atoms with Crippen LogP contribution in [0.4, 0.5) is 0 Å². The Hall–Kier alpha value is -1.42. The summed E-state index contributed by atoms with van der Waals surface area (Å²) in [5.74, 6) is 0.987. The van der Waals surface area contributed by atoms with Crippen molar-refractivity contribution in [1.29, 1.82) is 0 Å². The first kappa shape index (κ1) is 7.94. The summed E-state index contributed by atoms with van der Waals surface area (Å²) in [5.41, 5.74) is 7.99. The van der Waals surface area contributed by atoms with E-state index in [0.29, 0.717) is 0 Å². The lowest BCUT2D eigenvalue weighted by atomic mass is 10.3. The Morgan fingerprint density at radius 1 is 1.50 bits per heavy atom. The molecule has 14 heavy (non-hydrogen) atoms. The average molecular weight is 188 g/mol. The summed E-state index contributed by atoms with van der Waals surface area (Å²) in [6, 6.07) is 1.92. The van der Waals surface area contributed by atoms with E-state index in [9.17, 15) is 0 Å². The molecule has 0 unspecified atom stereocenters. The fraction of sp³-hybridized carbons (Fsp3) is 0.400. The van der Waals surface area contributed by atoms with Gasteiger partial charge in [-0.15, -0.1) is 0 Å². The van der Waals surface area contributed by atoms with Crippen LogP contribution in [0.2, 0.25) is 0 Å². The van der Waals surface area contributed by atoms with Crippen molar-refractivity contribution in [1.82, 2.24) is 14.5 Å². The van der Waals surface area contributed by atoms with Crippen molar-refractivity contribution in [2.24, 2.45) is 12.8 Å². The minimum atomic E-state index is -0.173. The molecule has 0 spiro atoms. The van der Waals surface area contributed by atoms with Crippen LogP contribution < -0.4 is 5.73 Å². The Labute approximate surface area is 81.8 Å². The zero-order valence-corrected chi connectivity index (χ0v) is 8.07. The summed E-state index contributed by atoms with van der Waals surface area (Å²) in [4.78, 5) is 8.63. The third-order valence-electron chi connectivity index (χ3n) is 2.92. The van der Waals surface area contributed by atoms with Gasteiger partial charge in [0, 0.05) is 13.2 Å². The van der Waals surface area contributed by atoms with Crippen molar-refractivity contribution in [2.45, 2.75) is 18.4 Å². The Bertz CT molecular complexity index is 496. The number of aryl methyl sites for hydroxylation is 1. The van der Waals surface area contributed by atoms with E-state index in [4.69, 9.17) is 5.73 Å². The minimum absolute atomic E-state index is 0.173. The molecule has 0 bridgehead atoms. The Kier molecular flexibility index (Phi) is 1.32. The van der Waals surface area contributed by atoms with Crippen LogP contribution in [0, 0.1) is 0 Å². The van der Waals surface area contributed by atoms with E-state index in [-0.39, 0.29) is 5.54 Å². The molecule has 0 saturated heterocycles. The van der Waals surface area contributed by atoms with Gasteiger partial charge in [-0.05, 0) is 18.9 Å². The van der Waals surface area contributed by atoms with Gasteiger partial charge in [-0.25, -0.2) is 4.98 Å². The molecule has 4 nitrogen and oxygen atoms in total. The van der Waals surface area contributed by atoms with Gasteiger partial charge in [-0.3, -0.25) is 4.98 Å². The molecule has 1 aliphatic carbocycles. The number of aromatic nitrogens is 3. The predicted octanol–water partition coefficient (Wildman–Crippen LogP) is 0.916. The lowest BCUT2D eigenvalue weighted by Crippen LogP contribution is -2.23. The van der Waals surface area contributed by atoms with Crippen LogP contribution in [-0.2, 0) is 12.6 Å².